The Morgan fingerprint density at radius 3 is 2.18 bits per heavy atom. The summed E-state index contributed by atoms with van der Waals surface area (Å²) in [5.74, 6) is -0.708. The fourth-order valence-corrected chi connectivity index (χ4v) is 6.02. The lowest BCUT2D eigenvalue weighted by molar-refractivity contribution is -0.140. The predicted octanol–water partition coefficient (Wildman–Crippen LogP) is 5.52. The Bertz CT molecular complexity index is 1360. The first-order valence-corrected chi connectivity index (χ1v) is 15.6. The fourth-order valence-electron chi connectivity index (χ4n) is 4.22. The average molecular weight is 662 g/mol. The lowest BCUT2D eigenvalue weighted by Crippen LogP contribution is -2.53. The quantitative estimate of drug-likeness (QED) is 0.259. The van der Waals surface area contributed by atoms with Crippen molar-refractivity contribution in [3.63, 3.8) is 0 Å². The monoisotopic (exact) mass is 661 g/mol. The highest BCUT2D eigenvalue weighted by molar-refractivity contribution is 14.1. The zero-order valence-electron chi connectivity index (χ0n) is 22.8. The number of carbonyl (C=O) groups excluding carboxylic acids is 2. The van der Waals surface area contributed by atoms with E-state index >= 15 is 0 Å². The van der Waals surface area contributed by atoms with Crippen molar-refractivity contribution in [2.24, 2.45) is 0 Å². The first-order valence-electron chi connectivity index (χ1n) is 13.1. The molecule has 0 unspecified atom stereocenters. The van der Waals surface area contributed by atoms with Crippen molar-refractivity contribution in [3.8, 4) is 0 Å². The molecule has 0 spiro atoms. The summed E-state index contributed by atoms with van der Waals surface area (Å²) in [7, 11) is -4.07. The van der Waals surface area contributed by atoms with Gasteiger partial charge in [-0.3, -0.25) is 13.9 Å². The largest absolute Gasteiger partial charge is 0.352 e. The maximum atomic E-state index is 14.1. The van der Waals surface area contributed by atoms with E-state index in [9.17, 15) is 18.0 Å². The SMILES string of the molecule is CC[C@@H](C)NC(=O)[C@@H](CC)N(Cc1cccc(C)c1)C(=O)CN(c1ccc(I)cc1)S(=O)(=O)c1ccccc1. The molecule has 0 radical (unpaired) electrons. The van der Waals surface area contributed by atoms with E-state index in [2.05, 4.69) is 27.9 Å². The minimum Gasteiger partial charge on any atom is -0.352 e. The summed E-state index contributed by atoms with van der Waals surface area (Å²) in [5, 5.41) is 2.99. The van der Waals surface area contributed by atoms with Gasteiger partial charge >= 0.3 is 0 Å². The fraction of sp³-hybridized carbons (Fsp3) is 0.333. The number of anilines is 1. The molecule has 0 heterocycles. The van der Waals surface area contributed by atoms with Crippen LogP contribution in [0.5, 0.6) is 0 Å². The molecule has 3 aromatic rings. The lowest BCUT2D eigenvalue weighted by Gasteiger charge is -2.33. The van der Waals surface area contributed by atoms with Crippen molar-refractivity contribution >= 4 is 50.1 Å². The van der Waals surface area contributed by atoms with Gasteiger partial charge in [0.05, 0.1) is 10.6 Å². The minimum absolute atomic E-state index is 0.0516. The molecule has 7 nitrogen and oxygen atoms in total. The van der Waals surface area contributed by atoms with E-state index in [-0.39, 0.29) is 23.4 Å². The number of nitrogens with zero attached hydrogens (tertiary/aromatic N) is 2. The third-order valence-corrected chi connectivity index (χ3v) is 9.05. The molecule has 0 aliphatic rings. The number of halogens is 1. The van der Waals surface area contributed by atoms with Gasteiger partial charge in [-0.05, 0) is 91.2 Å². The Hall–Kier alpha value is -2.92. The maximum Gasteiger partial charge on any atom is 0.264 e. The number of nitrogens with one attached hydrogen (secondary N) is 1. The first-order chi connectivity index (χ1) is 18.6. The first kappa shape index (κ1) is 30.6. The molecular weight excluding hydrogens is 625 g/mol. The summed E-state index contributed by atoms with van der Waals surface area (Å²) < 4.78 is 29.7. The Morgan fingerprint density at radius 1 is 0.923 bits per heavy atom. The molecule has 2 atom stereocenters. The molecule has 9 heteroatoms. The van der Waals surface area contributed by atoms with Gasteiger partial charge in [0.15, 0.2) is 0 Å². The van der Waals surface area contributed by atoms with Crippen molar-refractivity contribution in [1.82, 2.24) is 10.2 Å². The highest BCUT2D eigenvalue weighted by atomic mass is 127. The van der Waals surface area contributed by atoms with Crippen LogP contribution in [0.25, 0.3) is 0 Å². The molecule has 0 bridgehead atoms. The normalized spacial score (nSPS) is 12.8. The Morgan fingerprint density at radius 2 is 1.59 bits per heavy atom. The minimum atomic E-state index is -4.07. The molecule has 3 aromatic carbocycles. The van der Waals surface area contributed by atoms with Gasteiger partial charge in [-0.25, -0.2) is 8.42 Å². The number of hydrogen-bond acceptors (Lipinski definition) is 4. The van der Waals surface area contributed by atoms with Crippen molar-refractivity contribution < 1.29 is 18.0 Å². The standard InChI is InChI=1S/C30H36IN3O4S/c1-5-23(4)32-30(36)28(6-2)33(20-24-12-10-11-22(3)19-24)29(35)21-34(26-17-15-25(31)16-18-26)39(37,38)27-13-8-7-9-14-27/h7-19,23,28H,5-6,20-21H2,1-4H3,(H,32,36)/t23-,28-/m1/s1. The van der Waals surface area contributed by atoms with Crippen molar-refractivity contribution in [2.75, 3.05) is 10.8 Å². The Balaban J connectivity index is 2.04. The van der Waals surface area contributed by atoms with Gasteiger partial charge in [0.2, 0.25) is 11.8 Å². The van der Waals surface area contributed by atoms with E-state index in [4.69, 9.17) is 0 Å². The topological polar surface area (TPSA) is 86.8 Å². The van der Waals surface area contributed by atoms with Gasteiger partial charge in [-0.1, -0.05) is 61.9 Å². The van der Waals surface area contributed by atoms with Gasteiger partial charge in [-0.15, -0.1) is 0 Å². The third kappa shape index (κ3) is 8.04. The second kappa shape index (κ2) is 13.9. The molecule has 1 N–H and O–H groups in total. The second-order valence-electron chi connectivity index (χ2n) is 9.55. The van der Waals surface area contributed by atoms with Crippen LogP contribution < -0.4 is 9.62 Å². The zero-order chi connectivity index (χ0) is 28.6. The molecule has 0 saturated carbocycles. The van der Waals surface area contributed by atoms with Gasteiger partial charge in [-0.2, -0.15) is 0 Å². The summed E-state index contributed by atoms with van der Waals surface area (Å²) in [6, 6.07) is 22.0. The molecule has 2 amide bonds. The molecule has 0 aliphatic carbocycles. The number of amides is 2. The maximum absolute atomic E-state index is 14.1. The zero-order valence-corrected chi connectivity index (χ0v) is 25.8. The lowest BCUT2D eigenvalue weighted by atomic mass is 10.1. The molecule has 3 rings (SSSR count). The van der Waals surface area contributed by atoms with Crippen LogP contribution in [0.3, 0.4) is 0 Å². The third-order valence-electron chi connectivity index (χ3n) is 6.55. The van der Waals surface area contributed by atoms with Gasteiger partial charge < -0.3 is 10.2 Å². The van der Waals surface area contributed by atoms with E-state index in [1.165, 1.54) is 17.0 Å². The van der Waals surface area contributed by atoms with E-state index in [0.717, 1.165) is 25.4 Å². The highest BCUT2D eigenvalue weighted by Gasteiger charge is 2.33. The summed E-state index contributed by atoms with van der Waals surface area (Å²) in [6.45, 7) is 7.45. The second-order valence-corrected chi connectivity index (χ2v) is 12.7. The van der Waals surface area contributed by atoms with Crippen LogP contribution in [0, 0.1) is 10.5 Å². The average Bonchev–Trinajstić information content (AvgIpc) is 2.92. The number of carbonyl (C=O) groups is 2. The summed E-state index contributed by atoms with van der Waals surface area (Å²) in [4.78, 5) is 29.0. The summed E-state index contributed by atoms with van der Waals surface area (Å²) in [5.41, 5.74) is 2.27. The number of hydrogen-bond donors (Lipinski definition) is 1. The summed E-state index contributed by atoms with van der Waals surface area (Å²) in [6.07, 6.45) is 1.14. The van der Waals surface area contributed by atoms with Crippen molar-refractivity contribution in [2.45, 2.75) is 64.1 Å². The molecule has 0 aliphatic heterocycles. The molecule has 0 fully saturated rings. The van der Waals surface area contributed by atoms with E-state index in [1.54, 1.807) is 42.5 Å². The summed E-state index contributed by atoms with van der Waals surface area (Å²) >= 11 is 2.15. The van der Waals surface area contributed by atoms with Crippen LogP contribution in [0.15, 0.2) is 83.8 Å². The smallest absolute Gasteiger partial charge is 0.264 e. The van der Waals surface area contributed by atoms with Crippen molar-refractivity contribution in [1.29, 1.82) is 0 Å². The molecule has 39 heavy (non-hydrogen) atoms. The van der Waals surface area contributed by atoms with E-state index in [0.29, 0.717) is 12.1 Å². The Kier molecular flexibility index (Phi) is 10.9. The Labute approximate surface area is 245 Å². The molecule has 0 saturated heterocycles. The van der Waals surface area contributed by atoms with Gasteiger partial charge in [0.1, 0.15) is 12.6 Å². The van der Waals surface area contributed by atoms with E-state index < -0.39 is 28.5 Å². The van der Waals surface area contributed by atoms with Gasteiger partial charge in [0.25, 0.3) is 10.0 Å². The van der Waals surface area contributed by atoms with Crippen LogP contribution in [0.1, 0.15) is 44.7 Å². The highest BCUT2D eigenvalue weighted by Crippen LogP contribution is 2.25. The number of benzene rings is 3. The van der Waals surface area contributed by atoms with Crippen LogP contribution in [-0.4, -0.2) is 43.8 Å². The van der Waals surface area contributed by atoms with Crippen molar-refractivity contribution in [3.05, 3.63) is 93.6 Å². The van der Waals surface area contributed by atoms with Crippen LogP contribution in [0.4, 0.5) is 5.69 Å². The van der Waals surface area contributed by atoms with Crippen LogP contribution >= 0.6 is 22.6 Å². The molecule has 208 valence electrons. The molecule has 0 aromatic heterocycles. The van der Waals surface area contributed by atoms with Gasteiger partial charge in [0, 0.05) is 16.2 Å². The molecular formula is C30H36IN3O4S. The van der Waals surface area contributed by atoms with Crippen LogP contribution in [-0.2, 0) is 26.2 Å². The predicted molar refractivity (Wildman–Crippen MR) is 164 cm³/mol. The number of sulfonamides is 1. The number of aryl methyl sites for hydroxylation is 1. The van der Waals surface area contributed by atoms with Crippen LogP contribution in [0.2, 0.25) is 0 Å². The number of rotatable bonds is 12. The van der Waals surface area contributed by atoms with E-state index in [1.807, 2.05) is 52.0 Å².